The smallest absolute Gasteiger partial charge is 0.123 e. The summed E-state index contributed by atoms with van der Waals surface area (Å²) in [5, 5.41) is 20.1. The van der Waals surface area contributed by atoms with E-state index in [9.17, 15) is 14.6 Å². The second-order valence-corrected chi connectivity index (χ2v) is 7.31. The van der Waals surface area contributed by atoms with E-state index < -0.39 is 12.2 Å². The first-order chi connectivity index (χ1) is 13.5. The first-order valence-electron chi connectivity index (χ1n) is 9.87. The van der Waals surface area contributed by atoms with Crippen molar-refractivity contribution in [3.05, 3.63) is 72.2 Å². The average molecular weight is 381 g/mol. The number of aromatic nitrogens is 1. The van der Waals surface area contributed by atoms with Crippen molar-refractivity contribution < 1.29 is 14.6 Å². The molecule has 28 heavy (non-hydrogen) atoms. The Morgan fingerprint density at radius 1 is 0.929 bits per heavy atom. The van der Waals surface area contributed by atoms with Gasteiger partial charge in [0.1, 0.15) is 5.82 Å². The van der Waals surface area contributed by atoms with Crippen LogP contribution in [0.15, 0.2) is 60.7 Å². The largest absolute Gasteiger partial charge is 0.393 e. The summed E-state index contributed by atoms with van der Waals surface area (Å²) < 4.78 is 15.7. The van der Waals surface area contributed by atoms with Crippen LogP contribution in [0.1, 0.15) is 31.9 Å². The fraction of sp³-hybridized carbons (Fsp3) is 0.333. The summed E-state index contributed by atoms with van der Waals surface area (Å²) in [4.78, 5) is 0. The van der Waals surface area contributed by atoms with E-state index in [1.807, 2.05) is 32.0 Å². The van der Waals surface area contributed by atoms with Crippen LogP contribution in [-0.2, 0) is 6.54 Å². The zero-order valence-electron chi connectivity index (χ0n) is 16.5. The first kappa shape index (κ1) is 20.3. The summed E-state index contributed by atoms with van der Waals surface area (Å²) in [5.74, 6) is -0.260. The highest BCUT2D eigenvalue weighted by molar-refractivity contribution is 5.82. The maximum atomic E-state index is 13.5. The highest BCUT2D eigenvalue weighted by Gasteiger charge is 2.18. The Bertz CT molecular complexity index is 887. The summed E-state index contributed by atoms with van der Waals surface area (Å²) in [6, 6.07) is 18.8. The van der Waals surface area contributed by atoms with Crippen LogP contribution in [0.25, 0.3) is 22.4 Å². The molecular weight excluding hydrogens is 353 g/mol. The van der Waals surface area contributed by atoms with Gasteiger partial charge in [-0.05, 0) is 67.6 Å². The molecule has 3 nitrogen and oxygen atoms in total. The van der Waals surface area contributed by atoms with Gasteiger partial charge in [-0.1, -0.05) is 37.3 Å². The molecule has 2 atom stereocenters. The monoisotopic (exact) mass is 381 g/mol. The molecule has 2 N–H and O–H groups in total. The van der Waals surface area contributed by atoms with E-state index in [0.717, 1.165) is 28.1 Å². The molecule has 4 heteroatoms. The van der Waals surface area contributed by atoms with E-state index in [0.29, 0.717) is 25.8 Å². The Hall–Kier alpha value is -2.43. The fourth-order valence-electron chi connectivity index (χ4n) is 3.60. The molecule has 0 aliphatic rings. The molecule has 0 fully saturated rings. The Labute approximate surface area is 166 Å². The minimum absolute atomic E-state index is 0.260. The van der Waals surface area contributed by atoms with E-state index in [2.05, 4.69) is 22.8 Å². The SMILES string of the molecule is CC[C@H](O)C[C@H](O)CCn1c(C)cc(-c2ccccc2)c1-c1ccc(F)cc1. The molecule has 1 aromatic heterocycles. The number of halogens is 1. The van der Waals surface area contributed by atoms with Crippen molar-refractivity contribution in [2.45, 2.75) is 51.9 Å². The fourth-order valence-corrected chi connectivity index (χ4v) is 3.60. The summed E-state index contributed by atoms with van der Waals surface area (Å²) in [5.41, 5.74) is 5.24. The van der Waals surface area contributed by atoms with Gasteiger partial charge in [-0.15, -0.1) is 0 Å². The van der Waals surface area contributed by atoms with Crippen LogP contribution in [0, 0.1) is 12.7 Å². The standard InChI is InChI=1S/C24H28FNO2/c1-3-21(27)16-22(28)13-14-26-17(2)15-23(18-7-5-4-6-8-18)24(26)19-9-11-20(25)12-10-19/h4-12,15,21-22,27-28H,3,13-14,16H2,1-2H3/t21-,22+/m0/s1. The zero-order chi connectivity index (χ0) is 20.1. The van der Waals surface area contributed by atoms with Crippen LogP contribution in [0.5, 0.6) is 0 Å². The predicted octanol–water partition coefficient (Wildman–Crippen LogP) is 5.18. The lowest BCUT2D eigenvalue weighted by Crippen LogP contribution is -2.19. The van der Waals surface area contributed by atoms with Crippen LogP contribution >= 0.6 is 0 Å². The molecule has 0 bridgehead atoms. The molecule has 1 heterocycles. The maximum absolute atomic E-state index is 13.5. The normalized spacial score (nSPS) is 13.5. The Morgan fingerprint density at radius 2 is 1.61 bits per heavy atom. The van der Waals surface area contributed by atoms with Gasteiger partial charge in [-0.3, -0.25) is 0 Å². The highest BCUT2D eigenvalue weighted by atomic mass is 19.1. The minimum Gasteiger partial charge on any atom is -0.393 e. The van der Waals surface area contributed by atoms with Crippen molar-refractivity contribution in [3.63, 3.8) is 0 Å². The minimum atomic E-state index is -0.557. The van der Waals surface area contributed by atoms with Crippen molar-refractivity contribution in [1.29, 1.82) is 0 Å². The lowest BCUT2D eigenvalue weighted by molar-refractivity contribution is 0.0712. The van der Waals surface area contributed by atoms with Crippen molar-refractivity contribution in [1.82, 2.24) is 4.57 Å². The van der Waals surface area contributed by atoms with Crippen molar-refractivity contribution in [2.75, 3.05) is 0 Å². The molecule has 2 aromatic carbocycles. The lowest BCUT2D eigenvalue weighted by atomic mass is 10.0. The number of hydrogen-bond donors (Lipinski definition) is 2. The van der Waals surface area contributed by atoms with E-state index in [4.69, 9.17) is 0 Å². The maximum Gasteiger partial charge on any atom is 0.123 e. The molecule has 3 aromatic rings. The number of aryl methyl sites for hydroxylation is 1. The molecule has 0 aliphatic heterocycles. The first-order valence-corrected chi connectivity index (χ1v) is 9.87. The molecule has 148 valence electrons. The van der Waals surface area contributed by atoms with Gasteiger partial charge in [0.05, 0.1) is 17.9 Å². The van der Waals surface area contributed by atoms with Gasteiger partial charge in [-0.25, -0.2) is 4.39 Å². The van der Waals surface area contributed by atoms with E-state index in [1.165, 1.54) is 12.1 Å². The second-order valence-electron chi connectivity index (χ2n) is 7.31. The Kier molecular flexibility index (Phi) is 6.65. The van der Waals surface area contributed by atoms with E-state index in [-0.39, 0.29) is 5.82 Å². The number of hydrogen-bond acceptors (Lipinski definition) is 2. The second kappa shape index (κ2) is 9.18. The summed E-state index contributed by atoms with van der Waals surface area (Å²) in [7, 11) is 0. The van der Waals surface area contributed by atoms with Gasteiger partial charge in [-0.2, -0.15) is 0 Å². The summed E-state index contributed by atoms with van der Waals surface area (Å²) in [6.07, 6.45) is 0.539. The molecule has 0 radical (unpaired) electrons. The number of aliphatic hydroxyl groups excluding tert-OH is 2. The molecule has 0 aliphatic carbocycles. The Morgan fingerprint density at radius 3 is 2.25 bits per heavy atom. The summed E-state index contributed by atoms with van der Waals surface area (Å²) in [6.45, 7) is 4.59. The molecular formula is C24H28FNO2. The van der Waals surface area contributed by atoms with Gasteiger partial charge in [0.2, 0.25) is 0 Å². The molecule has 0 amide bonds. The van der Waals surface area contributed by atoms with Gasteiger partial charge < -0.3 is 14.8 Å². The third kappa shape index (κ3) is 4.70. The van der Waals surface area contributed by atoms with E-state index >= 15 is 0 Å². The topological polar surface area (TPSA) is 45.4 Å². The molecule has 0 saturated heterocycles. The Balaban J connectivity index is 1.97. The zero-order valence-corrected chi connectivity index (χ0v) is 16.5. The van der Waals surface area contributed by atoms with Crippen molar-refractivity contribution in [2.24, 2.45) is 0 Å². The molecule has 0 saturated carbocycles. The average Bonchev–Trinajstić information content (AvgIpc) is 3.04. The van der Waals surface area contributed by atoms with Gasteiger partial charge in [0.25, 0.3) is 0 Å². The van der Waals surface area contributed by atoms with Crippen LogP contribution in [-0.4, -0.2) is 27.0 Å². The number of rotatable bonds is 8. The van der Waals surface area contributed by atoms with Crippen LogP contribution in [0.4, 0.5) is 4.39 Å². The summed E-state index contributed by atoms with van der Waals surface area (Å²) >= 11 is 0. The number of benzene rings is 2. The quantitative estimate of drug-likeness (QED) is 0.565. The van der Waals surface area contributed by atoms with Gasteiger partial charge >= 0.3 is 0 Å². The molecule has 0 unspecified atom stereocenters. The predicted molar refractivity (Wildman–Crippen MR) is 112 cm³/mol. The highest BCUT2D eigenvalue weighted by Crippen LogP contribution is 2.35. The number of aliphatic hydroxyl groups is 2. The molecule has 3 rings (SSSR count). The van der Waals surface area contributed by atoms with Gasteiger partial charge in [0.15, 0.2) is 0 Å². The third-order valence-corrected chi connectivity index (χ3v) is 5.21. The van der Waals surface area contributed by atoms with Crippen molar-refractivity contribution >= 4 is 0 Å². The molecule has 0 spiro atoms. The van der Waals surface area contributed by atoms with Crippen LogP contribution in [0.2, 0.25) is 0 Å². The van der Waals surface area contributed by atoms with Crippen LogP contribution in [0.3, 0.4) is 0 Å². The van der Waals surface area contributed by atoms with Crippen LogP contribution < -0.4 is 0 Å². The van der Waals surface area contributed by atoms with Gasteiger partial charge in [0, 0.05) is 17.8 Å². The van der Waals surface area contributed by atoms with Crippen molar-refractivity contribution in [3.8, 4) is 22.4 Å². The number of nitrogens with zero attached hydrogens (tertiary/aromatic N) is 1. The lowest BCUT2D eigenvalue weighted by Gasteiger charge is -2.18. The van der Waals surface area contributed by atoms with E-state index in [1.54, 1.807) is 12.1 Å². The third-order valence-electron chi connectivity index (χ3n) is 5.21.